The van der Waals surface area contributed by atoms with Crippen molar-refractivity contribution < 1.29 is 0 Å². The lowest BCUT2D eigenvalue weighted by Gasteiger charge is -2.21. The smallest absolute Gasteiger partial charge is 0.225 e. The van der Waals surface area contributed by atoms with Gasteiger partial charge in [-0.2, -0.15) is 4.98 Å². The van der Waals surface area contributed by atoms with Crippen LogP contribution < -0.4 is 4.90 Å². The van der Waals surface area contributed by atoms with Crippen molar-refractivity contribution in [3.05, 3.63) is 38.9 Å². The Kier molecular flexibility index (Phi) is 4.90. The highest BCUT2D eigenvalue weighted by Crippen LogP contribution is 2.42. The Bertz CT molecular complexity index is 841. The average Bonchev–Trinajstić information content (AvgIpc) is 2.85. The minimum atomic E-state index is 0.308. The lowest BCUT2D eigenvalue weighted by atomic mass is 10.0. The number of aromatic nitrogens is 2. The van der Waals surface area contributed by atoms with E-state index < -0.39 is 0 Å². The largest absolute Gasteiger partial charge is 0.356 e. The summed E-state index contributed by atoms with van der Waals surface area (Å²) in [7, 11) is 0. The molecule has 3 aromatic rings. The van der Waals surface area contributed by atoms with E-state index >= 15 is 0 Å². The number of nitrogens with zero attached hydrogens (tertiary/aromatic N) is 3. The molecule has 3 nitrogen and oxygen atoms in total. The molecule has 0 radical (unpaired) electrons. The van der Waals surface area contributed by atoms with E-state index in [-0.39, 0.29) is 0 Å². The van der Waals surface area contributed by atoms with Crippen molar-refractivity contribution >= 4 is 54.9 Å². The summed E-state index contributed by atoms with van der Waals surface area (Å²) >= 11 is 11.3. The van der Waals surface area contributed by atoms with Gasteiger partial charge in [-0.3, -0.25) is 0 Å². The summed E-state index contributed by atoms with van der Waals surface area (Å²) in [4.78, 5) is 13.4. The Labute approximate surface area is 153 Å². The number of thiophene rings is 1. The maximum atomic E-state index is 6.16. The molecule has 6 heteroatoms. The summed E-state index contributed by atoms with van der Waals surface area (Å²) in [6, 6.07) is 8.37. The molecule has 0 aliphatic rings. The summed E-state index contributed by atoms with van der Waals surface area (Å²) in [6.45, 7) is 8.15. The first kappa shape index (κ1) is 16.7. The van der Waals surface area contributed by atoms with Gasteiger partial charge in [-0.1, -0.05) is 28.1 Å². The van der Waals surface area contributed by atoms with Crippen LogP contribution in [0.3, 0.4) is 0 Å². The third-order valence-corrected chi connectivity index (χ3v) is 5.57. The molecule has 3 rings (SSSR count). The van der Waals surface area contributed by atoms with Gasteiger partial charge >= 0.3 is 0 Å². The summed E-state index contributed by atoms with van der Waals surface area (Å²) < 4.78 is 1.07. The van der Waals surface area contributed by atoms with E-state index in [9.17, 15) is 0 Å². The van der Waals surface area contributed by atoms with Crippen LogP contribution in [0.2, 0.25) is 5.28 Å². The molecule has 0 amide bonds. The van der Waals surface area contributed by atoms with Gasteiger partial charge in [0.25, 0.3) is 0 Å². The summed E-state index contributed by atoms with van der Waals surface area (Å²) in [5.41, 5.74) is 2.38. The van der Waals surface area contributed by atoms with Gasteiger partial charge < -0.3 is 4.90 Å². The first-order chi connectivity index (χ1) is 11.0. The number of fused-ring (bicyclic) bond motifs is 1. The van der Waals surface area contributed by atoms with E-state index in [1.54, 1.807) is 11.3 Å². The molecule has 2 aromatic heterocycles. The molecule has 0 bridgehead atoms. The molecule has 0 fully saturated rings. The first-order valence-electron chi connectivity index (χ1n) is 7.52. The zero-order valence-electron chi connectivity index (χ0n) is 13.2. The molecule has 2 heterocycles. The predicted molar refractivity (Wildman–Crippen MR) is 104 cm³/mol. The average molecular weight is 411 g/mol. The Morgan fingerprint density at radius 2 is 1.78 bits per heavy atom. The summed E-state index contributed by atoms with van der Waals surface area (Å²) in [5, 5.41) is 1.41. The Balaban J connectivity index is 2.33. The minimum absolute atomic E-state index is 0.308. The third-order valence-electron chi connectivity index (χ3n) is 3.88. The molecule has 0 spiro atoms. The zero-order chi connectivity index (χ0) is 16.6. The van der Waals surface area contributed by atoms with Gasteiger partial charge in [0.2, 0.25) is 5.28 Å². The van der Waals surface area contributed by atoms with Crippen LogP contribution >= 0.6 is 38.9 Å². The van der Waals surface area contributed by atoms with Gasteiger partial charge in [-0.05, 0) is 50.1 Å². The highest BCUT2D eigenvalue weighted by atomic mass is 79.9. The minimum Gasteiger partial charge on any atom is -0.356 e. The highest BCUT2D eigenvalue weighted by molar-refractivity contribution is 9.10. The fourth-order valence-corrected chi connectivity index (χ4v) is 4.30. The van der Waals surface area contributed by atoms with Crippen LogP contribution in [0.4, 0.5) is 5.82 Å². The van der Waals surface area contributed by atoms with E-state index in [1.165, 1.54) is 16.0 Å². The monoisotopic (exact) mass is 409 g/mol. The van der Waals surface area contributed by atoms with Gasteiger partial charge in [0.15, 0.2) is 0 Å². The number of rotatable bonds is 4. The number of hydrogen-bond donors (Lipinski definition) is 0. The van der Waals surface area contributed by atoms with Crippen molar-refractivity contribution in [3.63, 3.8) is 0 Å². The zero-order valence-corrected chi connectivity index (χ0v) is 16.4. The normalized spacial score (nSPS) is 11.2. The lowest BCUT2D eigenvalue weighted by molar-refractivity contribution is 0.849. The topological polar surface area (TPSA) is 29.0 Å². The molecule has 0 N–H and O–H groups in total. The van der Waals surface area contributed by atoms with E-state index in [1.807, 2.05) is 0 Å². The standard InChI is InChI=1S/C17H17BrClN3S/c1-4-22(5-2)15-14-13(11-6-8-12(18)9-7-11)10(3)23-16(14)21-17(19)20-15/h6-9H,4-5H2,1-3H3. The van der Waals surface area contributed by atoms with Gasteiger partial charge in [0.05, 0.1) is 5.39 Å². The van der Waals surface area contributed by atoms with E-state index in [4.69, 9.17) is 11.6 Å². The molecular formula is C17H17BrClN3S. The Morgan fingerprint density at radius 3 is 2.39 bits per heavy atom. The Hall–Kier alpha value is -1.17. The van der Waals surface area contributed by atoms with Crippen LogP contribution in [0.1, 0.15) is 18.7 Å². The summed E-state index contributed by atoms with van der Waals surface area (Å²) in [5.74, 6) is 0.923. The van der Waals surface area contributed by atoms with Crippen LogP contribution in [0.25, 0.3) is 21.3 Å². The second-order valence-corrected chi connectivity index (χ2v) is 7.67. The molecule has 0 unspecified atom stereocenters. The van der Waals surface area contributed by atoms with Crippen LogP contribution in [0, 0.1) is 6.92 Å². The van der Waals surface area contributed by atoms with Gasteiger partial charge in [-0.15, -0.1) is 11.3 Å². The van der Waals surface area contributed by atoms with E-state index in [0.29, 0.717) is 5.28 Å². The van der Waals surface area contributed by atoms with Gasteiger partial charge in [0.1, 0.15) is 10.6 Å². The van der Waals surface area contributed by atoms with Crippen molar-refractivity contribution in [3.8, 4) is 11.1 Å². The van der Waals surface area contributed by atoms with Crippen molar-refractivity contribution in [1.82, 2.24) is 9.97 Å². The fraction of sp³-hybridized carbons (Fsp3) is 0.294. The molecule has 0 aliphatic heterocycles. The van der Waals surface area contributed by atoms with Crippen LogP contribution in [-0.4, -0.2) is 23.1 Å². The van der Waals surface area contributed by atoms with Crippen molar-refractivity contribution in [2.45, 2.75) is 20.8 Å². The second-order valence-electron chi connectivity index (χ2n) is 5.21. The van der Waals surface area contributed by atoms with Crippen molar-refractivity contribution in [2.75, 3.05) is 18.0 Å². The second kappa shape index (κ2) is 6.75. The molecule has 120 valence electrons. The van der Waals surface area contributed by atoms with Gasteiger partial charge in [0, 0.05) is 28.0 Å². The van der Waals surface area contributed by atoms with Crippen molar-refractivity contribution in [1.29, 1.82) is 0 Å². The van der Waals surface area contributed by atoms with Crippen molar-refractivity contribution in [2.24, 2.45) is 0 Å². The summed E-state index contributed by atoms with van der Waals surface area (Å²) in [6.07, 6.45) is 0. The predicted octanol–water partition coefficient (Wildman–Crippen LogP) is 5.93. The molecule has 23 heavy (non-hydrogen) atoms. The maximum Gasteiger partial charge on any atom is 0.225 e. The lowest BCUT2D eigenvalue weighted by Crippen LogP contribution is -2.23. The molecule has 1 aromatic carbocycles. The fourth-order valence-electron chi connectivity index (χ4n) is 2.78. The maximum absolute atomic E-state index is 6.16. The molecule has 0 saturated carbocycles. The molecular weight excluding hydrogens is 394 g/mol. The quantitative estimate of drug-likeness (QED) is 0.499. The molecule has 0 aliphatic carbocycles. The first-order valence-corrected chi connectivity index (χ1v) is 9.51. The Morgan fingerprint density at radius 1 is 1.13 bits per heavy atom. The highest BCUT2D eigenvalue weighted by Gasteiger charge is 2.20. The molecule has 0 saturated heterocycles. The number of benzene rings is 1. The van der Waals surface area contributed by atoms with Crippen LogP contribution in [0.15, 0.2) is 28.7 Å². The number of aryl methyl sites for hydroxylation is 1. The van der Waals surface area contributed by atoms with Gasteiger partial charge in [-0.25, -0.2) is 4.98 Å². The number of halogens is 2. The number of hydrogen-bond acceptors (Lipinski definition) is 4. The van der Waals surface area contributed by atoms with Crippen LogP contribution in [0.5, 0.6) is 0 Å². The number of anilines is 1. The molecule has 0 atom stereocenters. The van der Waals surface area contributed by atoms with E-state index in [0.717, 1.165) is 33.6 Å². The van der Waals surface area contributed by atoms with E-state index in [2.05, 4.69) is 75.8 Å². The third kappa shape index (κ3) is 3.10. The van der Waals surface area contributed by atoms with Crippen LogP contribution in [-0.2, 0) is 0 Å². The SMILES string of the molecule is CCN(CC)c1nc(Cl)nc2sc(C)c(-c3ccc(Br)cc3)c12.